The average molecular weight is 294 g/mol. The predicted octanol–water partition coefficient (Wildman–Crippen LogP) is 3.11. The lowest BCUT2D eigenvalue weighted by molar-refractivity contribution is 0.0600. The van der Waals surface area contributed by atoms with Gasteiger partial charge in [-0.3, -0.25) is 0 Å². The lowest BCUT2D eigenvalue weighted by atomic mass is 10.1. The zero-order chi connectivity index (χ0) is 13.8. The fraction of sp³-hybridized carbons (Fsp3) is 0.231. The maximum atomic E-state index is 11.3. The molecule has 0 spiro atoms. The van der Waals surface area contributed by atoms with Crippen LogP contribution in [0.15, 0.2) is 28.5 Å². The number of hydrogen-bond acceptors (Lipinski definition) is 6. The number of methoxy groups -OCH3 is 1. The molecule has 0 amide bonds. The van der Waals surface area contributed by atoms with Crippen molar-refractivity contribution in [3.05, 3.63) is 41.1 Å². The molecular formula is C13H14N2O2S2. The molecule has 100 valence electrons. The Bertz CT molecular complexity index is 579. The largest absolute Gasteiger partial charge is 0.465 e. The van der Waals surface area contributed by atoms with Gasteiger partial charge >= 0.3 is 5.97 Å². The van der Waals surface area contributed by atoms with E-state index >= 15 is 0 Å². The Labute approximate surface area is 120 Å². The number of esters is 1. The van der Waals surface area contributed by atoms with Gasteiger partial charge in [-0.25, -0.2) is 9.78 Å². The quantitative estimate of drug-likeness (QED) is 0.693. The van der Waals surface area contributed by atoms with Crippen LogP contribution in [0.5, 0.6) is 0 Å². The normalized spacial score (nSPS) is 10.4. The van der Waals surface area contributed by atoms with Crippen LogP contribution in [0.4, 0.5) is 5.13 Å². The molecule has 0 fully saturated rings. The summed E-state index contributed by atoms with van der Waals surface area (Å²) in [5.41, 5.74) is 8.34. The van der Waals surface area contributed by atoms with Gasteiger partial charge in [-0.2, -0.15) is 0 Å². The van der Waals surface area contributed by atoms with Crippen LogP contribution < -0.4 is 5.73 Å². The van der Waals surface area contributed by atoms with Crippen molar-refractivity contribution in [3.8, 4) is 0 Å². The Morgan fingerprint density at radius 1 is 1.42 bits per heavy atom. The van der Waals surface area contributed by atoms with E-state index in [1.165, 1.54) is 18.4 Å². The number of anilines is 1. The highest BCUT2D eigenvalue weighted by atomic mass is 32.2. The first-order valence-electron chi connectivity index (χ1n) is 5.63. The number of benzene rings is 1. The van der Waals surface area contributed by atoms with Crippen molar-refractivity contribution in [2.45, 2.75) is 16.9 Å². The number of nitrogens with two attached hydrogens (primary N) is 1. The first kappa shape index (κ1) is 13.9. The maximum absolute atomic E-state index is 11.3. The molecule has 2 aromatic rings. The molecule has 1 aromatic heterocycles. The number of carbonyl (C=O) groups excluding carboxylic acids is 1. The fourth-order valence-corrected chi connectivity index (χ4v) is 3.52. The van der Waals surface area contributed by atoms with Crippen LogP contribution in [0.1, 0.15) is 21.6 Å². The lowest BCUT2D eigenvalue weighted by Gasteiger charge is -2.02. The van der Waals surface area contributed by atoms with Crippen LogP contribution in [0.3, 0.4) is 0 Å². The minimum atomic E-state index is -0.315. The number of aromatic nitrogens is 1. The van der Waals surface area contributed by atoms with E-state index in [-0.39, 0.29) is 5.97 Å². The summed E-state index contributed by atoms with van der Waals surface area (Å²) in [6.07, 6.45) is 0. The summed E-state index contributed by atoms with van der Waals surface area (Å²) in [6, 6.07) is 7.41. The van der Waals surface area contributed by atoms with E-state index < -0.39 is 0 Å². The van der Waals surface area contributed by atoms with Crippen LogP contribution in [-0.4, -0.2) is 18.1 Å². The minimum Gasteiger partial charge on any atom is -0.465 e. The molecule has 19 heavy (non-hydrogen) atoms. The highest BCUT2D eigenvalue weighted by Gasteiger charge is 2.07. The Balaban J connectivity index is 2.00. The van der Waals surface area contributed by atoms with Gasteiger partial charge in [0.15, 0.2) is 5.13 Å². The molecule has 0 saturated carbocycles. The van der Waals surface area contributed by atoms with Gasteiger partial charge < -0.3 is 10.5 Å². The Morgan fingerprint density at radius 3 is 2.63 bits per heavy atom. The Morgan fingerprint density at radius 2 is 2.11 bits per heavy atom. The molecule has 1 aromatic carbocycles. The molecule has 6 heteroatoms. The standard InChI is InChI=1S/C13H14N2O2S2/c1-8-12(19-13(14)15-8)18-7-9-3-5-10(6-4-9)11(16)17-2/h3-6H,7H2,1-2H3,(H2,14,15). The van der Waals surface area contributed by atoms with E-state index in [9.17, 15) is 4.79 Å². The highest BCUT2D eigenvalue weighted by Crippen LogP contribution is 2.32. The van der Waals surface area contributed by atoms with Crippen molar-refractivity contribution < 1.29 is 9.53 Å². The zero-order valence-electron chi connectivity index (χ0n) is 10.7. The van der Waals surface area contributed by atoms with Crippen LogP contribution in [0.25, 0.3) is 0 Å². The monoisotopic (exact) mass is 294 g/mol. The number of thiazole rings is 1. The summed E-state index contributed by atoms with van der Waals surface area (Å²) in [6.45, 7) is 1.95. The van der Waals surface area contributed by atoms with E-state index in [1.807, 2.05) is 19.1 Å². The first-order valence-corrected chi connectivity index (χ1v) is 7.43. The van der Waals surface area contributed by atoms with E-state index in [4.69, 9.17) is 5.73 Å². The topological polar surface area (TPSA) is 65.2 Å². The number of hydrogen-bond donors (Lipinski definition) is 1. The summed E-state index contributed by atoms with van der Waals surface area (Å²) < 4.78 is 5.79. The molecule has 2 N–H and O–H groups in total. The van der Waals surface area contributed by atoms with Gasteiger partial charge in [-0.05, 0) is 24.6 Å². The smallest absolute Gasteiger partial charge is 0.337 e. The summed E-state index contributed by atoms with van der Waals surface area (Å²) in [5, 5.41) is 0.598. The van der Waals surface area contributed by atoms with Crippen LogP contribution >= 0.6 is 23.1 Å². The van der Waals surface area contributed by atoms with Gasteiger partial charge in [0.05, 0.1) is 22.6 Å². The third-order valence-electron chi connectivity index (χ3n) is 2.52. The summed E-state index contributed by atoms with van der Waals surface area (Å²) in [5.74, 6) is 0.509. The molecule has 0 aliphatic carbocycles. The molecule has 0 aliphatic rings. The first-order chi connectivity index (χ1) is 9.10. The second-order valence-electron chi connectivity index (χ2n) is 3.90. The second-order valence-corrected chi connectivity index (χ2v) is 6.18. The van der Waals surface area contributed by atoms with E-state index in [2.05, 4.69) is 9.72 Å². The van der Waals surface area contributed by atoms with Crippen LogP contribution in [0.2, 0.25) is 0 Å². The second kappa shape index (κ2) is 6.08. The van der Waals surface area contributed by atoms with E-state index in [0.29, 0.717) is 10.7 Å². The minimum absolute atomic E-state index is 0.315. The average Bonchev–Trinajstić information content (AvgIpc) is 2.74. The number of carbonyl (C=O) groups is 1. The number of thioether (sulfide) groups is 1. The molecule has 0 bridgehead atoms. The third-order valence-corrected chi connectivity index (χ3v) is 4.94. The van der Waals surface area contributed by atoms with E-state index in [0.717, 1.165) is 21.2 Å². The summed E-state index contributed by atoms with van der Waals surface area (Å²) in [4.78, 5) is 15.5. The molecule has 0 saturated heterocycles. The van der Waals surface area contributed by atoms with Crippen molar-refractivity contribution in [3.63, 3.8) is 0 Å². The molecule has 0 unspecified atom stereocenters. The molecule has 1 heterocycles. The van der Waals surface area contributed by atoms with Gasteiger partial charge in [-0.1, -0.05) is 23.5 Å². The number of ether oxygens (including phenoxy) is 1. The molecule has 4 nitrogen and oxygen atoms in total. The molecule has 0 aliphatic heterocycles. The van der Waals surface area contributed by atoms with Crippen LogP contribution in [0, 0.1) is 6.92 Å². The van der Waals surface area contributed by atoms with Gasteiger partial charge in [-0.15, -0.1) is 11.8 Å². The third kappa shape index (κ3) is 3.48. The van der Waals surface area contributed by atoms with Gasteiger partial charge in [0.25, 0.3) is 0 Å². The Hall–Kier alpha value is -1.53. The highest BCUT2D eigenvalue weighted by molar-refractivity contribution is 8.00. The SMILES string of the molecule is COC(=O)c1ccc(CSc2sc(N)nc2C)cc1. The summed E-state index contributed by atoms with van der Waals surface area (Å²) in [7, 11) is 1.38. The fourth-order valence-electron chi connectivity index (χ4n) is 1.54. The van der Waals surface area contributed by atoms with Crippen LogP contribution in [-0.2, 0) is 10.5 Å². The van der Waals surface area contributed by atoms with Crippen molar-refractivity contribution in [2.75, 3.05) is 12.8 Å². The van der Waals surface area contributed by atoms with Gasteiger partial charge in [0.1, 0.15) is 0 Å². The molecule has 0 radical (unpaired) electrons. The molecule has 0 atom stereocenters. The Kier molecular flexibility index (Phi) is 4.44. The summed E-state index contributed by atoms with van der Waals surface area (Å²) >= 11 is 3.20. The molecular weight excluding hydrogens is 280 g/mol. The predicted molar refractivity (Wildman–Crippen MR) is 78.6 cm³/mol. The molecule has 2 rings (SSSR count). The van der Waals surface area contributed by atoms with Crippen molar-refractivity contribution in [2.24, 2.45) is 0 Å². The van der Waals surface area contributed by atoms with Gasteiger partial charge in [0.2, 0.25) is 0 Å². The van der Waals surface area contributed by atoms with Crippen molar-refractivity contribution in [1.82, 2.24) is 4.98 Å². The van der Waals surface area contributed by atoms with E-state index in [1.54, 1.807) is 23.9 Å². The van der Waals surface area contributed by atoms with Gasteiger partial charge in [0, 0.05) is 5.75 Å². The van der Waals surface area contributed by atoms with Crippen molar-refractivity contribution >= 4 is 34.2 Å². The number of nitrogen functional groups attached to an aromatic ring is 1. The number of aryl methyl sites for hydroxylation is 1. The lowest BCUT2D eigenvalue weighted by Crippen LogP contribution is -2.00. The number of nitrogens with zero attached hydrogens (tertiary/aromatic N) is 1. The zero-order valence-corrected chi connectivity index (χ0v) is 12.3. The maximum Gasteiger partial charge on any atom is 0.337 e. The number of rotatable bonds is 4. The van der Waals surface area contributed by atoms with Crippen molar-refractivity contribution in [1.29, 1.82) is 0 Å².